The molecule has 3 nitrogen and oxygen atoms in total. The predicted molar refractivity (Wildman–Crippen MR) is 80.0 cm³/mol. The number of aryl methyl sites for hydroxylation is 2. The molecule has 110 valence electrons. The van der Waals surface area contributed by atoms with Crippen LogP contribution in [0.2, 0.25) is 0 Å². The fourth-order valence-electron chi connectivity index (χ4n) is 2.17. The molecule has 1 aliphatic rings. The van der Waals surface area contributed by atoms with Gasteiger partial charge in [0.25, 0.3) is 0 Å². The first-order valence-corrected chi connectivity index (χ1v) is 7.25. The molecule has 0 unspecified atom stereocenters. The maximum absolute atomic E-state index is 13.5. The van der Waals surface area contributed by atoms with Gasteiger partial charge in [0.2, 0.25) is 5.88 Å². The SMILES string of the molecule is Cc1cc(CNC2CC2)cc(Oc2ccc(C)c(F)c2)n1. The molecule has 21 heavy (non-hydrogen) atoms. The second-order valence-electron chi connectivity index (χ2n) is 5.62. The Bertz CT molecular complexity index is 653. The van der Waals surface area contributed by atoms with Crippen LogP contribution in [0.3, 0.4) is 0 Å². The molecule has 1 aromatic heterocycles. The van der Waals surface area contributed by atoms with Gasteiger partial charge in [-0.3, -0.25) is 0 Å². The van der Waals surface area contributed by atoms with Gasteiger partial charge in [-0.2, -0.15) is 0 Å². The molecular formula is C17H19FN2O. The number of hydrogen-bond acceptors (Lipinski definition) is 3. The van der Waals surface area contributed by atoms with Crippen LogP contribution < -0.4 is 10.1 Å². The Labute approximate surface area is 124 Å². The van der Waals surface area contributed by atoms with Crippen molar-refractivity contribution in [2.75, 3.05) is 0 Å². The van der Waals surface area contributed by atoms with E-state index in [1.165, 1.54) is 18.9 Å². The van der Waals surface area contributed by atoms with Crippen molar-refractivity contribution in [3.05, 3.63) is 53.0 Å². The third kappa shape index (κ3) is 3.79. The summed E-state index contributed by atoms with van der Waals surface area (Å²) >= 11 is 0. The third-order valence-electron chi connectivity index (χ3n) is 3.53. The van der Waals surface area contributed by atoms with Crippen molar-refractivity contribution in [1.82, 2.24) is 10.3 Å². The van der Waals surface area contributed by atoms with Crippen molar-refractivity contribution in [2.45, 2.75) is 39.3 Å². The van der Waals surface area contributed by atoms with Crippen LogP contribution in [-0.4, -0.2) is 11.0 Å². The summed E-state index contributed by atoms with van der Waals surface area (Å²) in [5, 5.41) is 3.46. The first kappa shape index (κ1) is 14.0. The zero-order chi connectivity index (χ0) is 14.8. The fraction of sp³-hybridized carbons (Fsp3) is 0.353. The standard InChI is InChI=1S/C17H19FN2O/c1-11-3-6-15(9-16(11)18)21-17-8-13(7-12(2)20-17)10-19-14-4-5-14/h3,6-9,14,19H,4-5,10H2,1-2H3. The van der Waals surface area contributed by atoms with Crippen molar-refractivity contribution in [3.8, 4) is 11.6 Å². The first-order valence-electron chi connectivity index (χ1n) is 7.25. The zero-order valence-electron chi connectivity index (χ0n) is 12.3. The number of ether oxygens (including phenoxy) is 1. The van der Waals surface area contributed by atoms with Crippen LogP contribution in [-0.2, 0) is 6.54 Å². The fourth-order valence-corrected chi connectivity index (χ4v) is 2.17. The highest BCUT2D eigenvalue weighted by molar-refractivity contribution is 5.33. The molecule has 0 aliphatic heterocycles. The normalized spacial score (nSPS) is 14.2. The van der Waals surface area contributed by atoms with E-state index in [1.54, 1.807) is 19.1 Å². The molecular weight excluding hydrogens is 267 g/mol. The molecule has 1 fully saturated rings. The Morgan fingerprint density at radius 3 is 2.76 bits per heavy atom. The van der Waals surface area contributed by atoms with Gasteiger partial charge >= 0.3 is 0 Å². The van der Waals surface area contributed by atoms with E-state index in [9.17, 15) is 4.39 Å². The lowest BCUT2D eigenvalue weighted by Crippen LogP contribution is -2.15. The lowest BCUT2D eigenvalue weighted by molar-refractivity contribution is 0.455. The minimum Gasteiger partial charge on any atom is -0.439 e. The van der Waals surface area contributed by atoms with E-state index < -0.39 is 0 Å². The summed E-state index contributed by atoms with van der Waals surface area (Å²) in [7, 11) is 0. The van der Waals surface area contributed by atoms with E-state index in [0.29, 0.717) is 23.2 Å². The lowest BCUT2D eigenvalue weighted by Gasteiger charge is -2.09. The van der Waals surface area contributed by atoms with Crippen molar-refractivity contribution >= 4 is 0 Å². The highest BCUT2D eigenvalue weighted by Crippen LogP contribution is 2.24. The molecule has 0 radical (unpaired) electrons. The zero-order valence-corrected chi connectivity index (χ0v) is 12.3. The van der Waals surface area contributed by atoms with Crippen molar-refractivity contribution in [1.29, 1.82) is 0 Å². The molecule has 1 aliphatic carbocycles. The number of benzene rings is 1. The van der Waals surface area contributed by atoms with Crippen LogP contribution in [0.1, 0.15) is 29.7 Å². The third-order valence-corrected chi connectivity index (χ3v) is 3.53. The second kappa shape index (κ2) is 5.82. The molecule has 1 saturated carbocycles. The molecule has 1 heterocycles. The van der Waals surface area contributed by atoms with Gasteiger partial charge in [0.05, 0.1) is 0 Å². The van der Waals surface area contributed by atoms with E-state index in [-0.39, 0.29) is 5.82 Å². The number of hydrogen-bond donors (Lipinski definition) is 1. The van der Waals surface area contributed by atoms with Gasteiger partial charge in [0, 0.05) is 30.4 Å². The Balaban J connectivity index is 1.75. The summed E-state index contributed by atoms with van der Waals surface area (Å²) in [6, 6.07) is 9.45. The maximum Gasteiger partial charge on any atom is 0.219 e. The molecule has 0 amide bonds. The van der Waals surface area contributed by atoms with Crippen LogP contribution in [0.5, 0.6) is 11.6 Å². The molecule has 0 saturated heterocycles. The Morgan fingerprint density at radius 2 is 2.05 bits per heavy atom. The smallest absolute Gasteiger partial charge is 0.219 e. The number of nitrogens with one attached hydrogen (secondary N) is 1. The lowest BCUT2D eigenvalue weighted by atomic mass is 10.2. The van der Waals surface area contributed by atoms with E-state index in [1.807, 2.05) is 19.1 Å². The Hall–Kier alpha value is -1.94. The van der Waals surface area contributed by atoms with Crippen molar-refractivity contribution < 1.29 is 9.13 Å². The van der Waals surface area contributed by atoms with Gasteiger partial charge in [-0.15, -0.1) is 0 Å². The Kier molecular flexibility index (Phi) is 3.88. The van der Waals surface area contributed by atoms with Crippen LogP contribution >= 0.6 is 0 Å². The molecule has 3 rings (SSSR count). The Morgan fingerprint density at radius 1 is 1.24 bits per heavy atom. The number of nitrogens with zero attached hydrogens (tertiary/aromatic N) is 1. The number of rotatable bonds is 5. The quantitative estimate of drug-likeness (QED) is 0.905. The monoisotopic (exact) mass is 286 g/mol. The minimum atomic E-state index is -0.268. The summed E-state index contributed by atoms with van der Waals surface area (Å²) in [5.74, 6) is 0.707. The van der Waals surface area contributed by atoms with E-state index in [4.69, 9.17) is 4.74 Å². The number of aromatic nitrogens is 1. The van der Waals surface area contributed by atoms with Crippen molar-refractivity contribution in [2.24, 2.45) is 0 Å². The summed E-state index contributed by atoms with van der Waals surface area (Å²) in [5.41, 5.74) is 2.64. The largest absolute Gasteiger partial charge is 0.439 e. The summed E-state index contributed by atoms with van der Waals surface area (Å²) in [6.07, 6.45) is 2.52. The highest BCUT2D eigenvalue weighted by atomic mass is 19.1. The predicted octanol–water partition coefficient (Wildman–Crippen LogP) is 3.88. The van der Waals surface area contributed by atoms with Gasteiger partial charge in [-0.25, -0.2) is 9.37 Å². The average molecular weight is 286 g/mol. The number of pyridine rings is 1. The molecule has 0 bridgehead atoms. The van der Waals surface area contributed by atoms with Crippen molar-refractivity contribution in [3.63, 3.8) is 0 Å². The molecule has 0 spiro atoms. The molecule has 4 heteroatoms. The molecule has 2 aromatic rings. The van der Waals surface area contributed by atoms with Gasteiger partial charge in [-0.1, -0.05) is 6.07 Å². The first-order chi connectivity index (χ1) is 10.1. The van der Waals surface area contributed by atoms with E-state index >= 15 is 0 Å². The van der Waals surface area contributed by atoms with Crippen LogP contribution in [0.15, 0.2) is 30.3 Å². The van der Waals surface area contributed by atoms with E-state index in [0.717, 1.165) is 17.8 Å². The molecule has 0 atom stereocenters. The van der Waals surface area contributed by atoms with Gasteiger partial charge < -0.3 is 10.1 Å². The van der Waals surface area contributed by atoms with E-state index in [2.05, 4.69) is 10.3 Å². The van der Waals surface area contributed by atoms with Gasteiger partial charge in [0.15, 0.2) is 0 Å². The minimum absolute atomic E-state index is 0.268. The second-order valence-corrected chi connectivity index (χ2v) is 5.62. The average Bonchev–Trinajstić information content (AvgIpc) is 3.24. The van der Waals surface area contributed by atoms with Gasteiger partial charge in [-0.05, 0) is 49.9 Å². The van der Waals surface area contributed by atoms with Crippen LogP contribution in [0, 0.1) is 19.7 Å². The molecule has 1 aromatic carbocycles. The molecule has 1 N–H and O–H groups in total. The summed E-state index contributed by atoms with van der Waals surface area (Å²) < 4.78 is 19.2. The van der Waals surface area contributed by atoms with Crippen LogP contribution in [0.25, 0.3) is 0 Å². The van der Waals surface area contributed by atoms with Crippen LogP contribution in [0.4, 0.5) is 4.39 Å². The summed E-state index contributed by atoms with van der Waals surface area (Å²) in [6.45, 7) is 4.47. The maximum atomic E-state index is 13.5. The topological polar surface area (TPSA) is 34.1 Å². The number of halogens is 1. The highest BCUT2D eigenvalue weighted by Gasteiger charge is 2.20. The van der Waals surface area contributed by atoms with Gasteiger partial charge in [0.1, 0.15) is 11.6 Å². The summed E-state index contributed by atoms with van der Waals surface area (Å²) in [4.78, 5) is 4.35.